The Morgan fingerprint density at radius 3 is 2.02 bits per heavy atom. The summed E-state index contributed by atoms with van der Waals surface area (Å²) in [6.45, 7) is 7.45. The Morgan fingerprint density at radius 1 is 0.779 bits per heavy atom. The van der Waals surface area contributed by atoms with Gasteiger partial charge in [-0.05, 0) is 60.0 Å². The van der Waals surface area contributed by atoms with Crippen molar-refractivity contribution in [3.05, 3.63) is 103 Å². The molecule has 9 N–H and O–H groups in total. The van der Waals surface area contributed by atoms with Crippen molar-refractivity contribution in [3.63, 3.8) is 0 Å². The Hall–Kier alpha value is -6.74. The number of carbonyl (C=O) groups excluding carboxylic acids is 5. The molecule has 86 heavy (non-hydrogen) atoms. The molecule has 31 nitrogen and oxygen atoms in total. The Balaban J connectivity index is 0.795. The second-order valence-electron chi connectivity index (χ2n) is 19.9. The Kier molecular flexibility index (Phi) is 23.7. The monoisotopic (exact) mass is 1360 g/mol. The molecule has 0 aliphatic carbocycles. The molecule has 462 valence electrons. The second-order valence-corrected chi connectivity index (χ2v) is 27.7. The number of amides is 3. The van der Waals surface area contributed by atoms with Crippen molar-refractivity contribution in [2.75, 3.05) is 116 Å². The first-order valence-corrected chi connectivity index (χ1v) is 34.9. The summed E-state index contributed by atoms with van der Waals surface area (Å²) < 4.78 is 81.2. The number of hydrogen-bond acceptors (Lipinski definition) is 24. The average molecular weight is 1360 g/mol. The van der Waals surface area contributed by atoms with E-state index in [-0.39, 0.29) is 53.8 Å². The fraction of sp³-hybridized carbons (Fsp3) is 0.412. The van der Waals surface area contributed by atoms with E-state index in [2.05, 4.69) is 66.6 Å². The van der Waals surface area contributed by atoms with Crippen LogP contribution in [0.3, 0.4) is 0 Å². The zero-order valence-corrected chi connectivity index (χ0v) is 52.1. The van der Waals surface area contributed by atoms with Gasteiger partial charge in [-0.1, -0.05) is 29.3 Å². The van der Waals surface area contributed by atoms with Crippen molar-refractivity contribution in [1.82, 2.24) is 64.7 Å². The van der Waals surface area contributed by atoms with Crippen LogP contribution in [0.5, 0.6) is 0 Å². The van der Waals surface area contributed by atoms with Gasteiger partial charge in [-0.3, -0.25) is 19.1 Å². The van der Waals surface area contributed by atoms with Gasteiger partial charge in [0.15, 0.2) is 5.95 Å². The van der Waals surface area contributed by atoms with Crippen LogP contribution in [-0.4, -0.2) is 247 Å². The molecule has 0 saturated carbocycles. The van der Waals surface area contributed by atoms with Crippen LogP contribution in [0.4, 0.5) is 5.95 Å². The fourth-order valence-corrected chi connectivity index (χ4v) is 15.0. The van der Waals surface area contributed by atoms with Crippen LogP contribution >= 0.6 is 12.0 Å². The third kappa shape index (κ3) is 19.4. The Morgan fingerprint density at radius 2 is 1.41 bits per heavy atom. The quantitative estimate of drug-likeness (QED) is 0.0137. The molecule has 3 saturated heterocycles. The summed E-state index contributed by atoms with van der Waals surface area (Å²) in [6.07, 6.45) is 5.70. The standard InChI is InChI=1S/C51H68N14O17S3.In/c1-35(66)30-61-19-23-63(32-46(68)69)25-21-62(22-26-64(24-20-61)33-47(70)71)31-45(67)59-43(34-83-82-81-76)49(73)52-16-17-58-84(77,78)40-8-3-36(4-9-40)37-5-10-41(11-6-37)85(79,80)60-42(50(74)75)29-56-48(72)38-7-12-44-39(27-38)28-57-65(44)18-2-13-53-51-54-14-15-55-51;/h3-12,14-15,27-28,42-43,58,60,66,76H,1-2,13,16-26,29-34H2,(H,52,73)(H,56,72)(H,59,67)(H,68,69)(H,70,71)(H,74,75)(H2,53,54,55);/q;+3/p-3/t42-,43-;/m0./s1. The van der Waals surface area contributed by atoms with Gasteiger partial charge in [0, 0.05) is 68.1 Å². The first-order valence-electron chi connectivity index (χ1n) is 27.0. The molecular weight excluding hydrogens is 1290 g/mol. The molecule has 5 aromatic rings. The maximum absolute atomic E-state index is 13.6. The van der Waals surface area contributed by atoms with E-state index in [1.165, 1.54) is 48.5 Å². The zero-order valence-electron chi connectivity index (χ0n) is 46.3. The number of aromatic amines is 1. The minimum absolute atomic E-state index is 0.111. The van der Waals surface area contributed by atoms with Crippen LogP contribution < -0.4 is 30.7 Å². The number of carboxylic acids is 1. The van der Waals surface area contributed by atoms with Crippen LogP contribution in [0.1, 0.15) is 16.8 Å². The van der Waals surface area contributed by atoms with Gasteiger partial charge >= 0.3 is 203 Å². The van der Waals surface area contributed by atoms with Crippen LogP contribution in [0, 0.1) is 0 Å². The summed E-state index contributed by atoms with van der Waals surface area (Å²) in [5.41, 5.74) is 1.99. The SMILES string of the molecule is C=C1CN2CCN3CCN(CC(=O)N[C@@H](CSOOO)C(=O)NCCNS(=O)(=O)c4ccc(-c5ccc(S(=O)(=O)N[C@@H](CNC(=O)c6ccc7c(cnn7CCCNc7ncc[nH]7)c6)C(=O)O)cc5)cc4)CCN(CC2)CC(=O)[O][In]([O]1)[O]C(=O)C3. The number of imidazole rings is 1. The summed E-state index contributed by atoms with van der Waals surface area (Å²) in [7, 11) is -8.57. The van der Waals surface area contributed by atoms with Crippen LogP contribution in [0.15, 0.2) is 107 Å². The number of aryl methyl sites for hydroxylation is 1. The summed E-state index contributed by atoms with van der Waals surface area (Å²) in [5, 5.41) is 38.3. The van der Waals surface area contributed by atoms with E-state index in [1.807, 2.05) is 14.7 Å². The van der Waals surface area contributed by atoms with Crippen molar-refractivity contribution in [2.24, 2.45) is 0 Å². The number of aliphatic carboxylic acids is 1. The van der Waals surface area contributed by atoms with Crippen LogP contribution in [0.2, 0.25) is 0 Å². The molecule has 3 fully saturated rings. The van der Waals surface area contributed by atoms with Gasteiger partial charge in [-0.15, -0.1) is 4.33 Å². The number of nitrogens with one attached hydrogen (secondary N) is 7. The molecule has 8 rings (SSSR count). The number of hydrogen-bond donors (Lipinski definition) is 9. The summed E-state index contributed by atoms with van der Waals surface area (Å²) in [4.78, 5) is 92.8. The van der Waals surface area contributed by atoms with Gasteiger partial charge in [0.2, 0.25) is 20.0 Å². The van der Waals surface area contributed by atoms with Crippen molar-refractivity contribution in [1.29, 1.82) is 0 Å². The zero-order chi connectivity index (χ0) is 61.2. The van der Waals surface area contributed by atoms with Gasteiger partial charge in [0.25, 0.3) is 5.91 Å². The van der Waals surface area contributed by atoms with Gasteiger partial charge in [-0.2, -0.15) is 9.82 Å². The third-order valence-corrected chi connectivity index (χ3v) is 21.5. The second kappa shape index (κ2) is 31.3. The molecule has 2 aromatic heterocycles. The van der Waals surface area contributed by atoms with Crippen molar-refractivity contribution in [3.8, 4) is 11.1 Å². The molecule has 3 aliphatic heterocycles. The van der Waals surface area contributed by atoms with Gasteiger partial charge in [-0.25, -0.2) is 31.8 Å². The number of benzene rings is 3. The van der Waals surface area contributed by atoms with Crippen molar-refractivity contribution >= 4 is 107 Å². The third-order valence-electron chi connectivity index (χ3n) is 13.8. The number of carbonyl (C=O) groups is 6. The molecule has 5 heterocycles. The molecule has 3 aliphatic rings. The van der Waals surface area contributed by atoms with E-state index < -0.39 is 97.1 Å². The summed E-state index contributed by atoms with van der Waals surface area (Å²) >= 11 is -3.57. The van der Waals surface area contributed by atoms with Gasteiger partial charge in [0.1, 0.15) is 6.04 Å². The number of fused-ring (bicyclic) bond motifs is 8. The maximum atomic E-state index is 13.6. The number of anilines is 1. The van der Waals surface area contributed by atoms with Crippen molar-refractivity contribution < 1.29 is 73.9 Å². The van der Waals surface area contributed by atoms with E-state index >= 15 is 0 Å². The number of aromatic nitrogens is 4. The molecule has 35 heteroatoms. The molecule has 4 atom stereocenters. The molecule has 2 unspecified atom stereocenters. The van der Waals surface area contributed by atoms with Crippen LogP contribution in [-0.2, 0) is 68.5 Å². The minimum atomic E-state index is -4.43. The first-order chi connectivity index (χ1) is 41.3. The average Bonchev–Trinajstić information content (AvgIpc) is 3.91. The summed E-state index contributed by atoms with van der Waals surface area (Å²) in [6, 6.07) is 12.9. The van der Waals surface area contributed by atoms with Crippen LogP contribution in [0.25, 0.3) is 22.0 Å². The van der Waals surface area contributed by atoms with E-state index in [0.717, 1.165) is 11.9 Å². The number of nitrogens with zero attached hydrogens (tertiary/aromatic N) is 7. The number of H-pyrrole nitrogens is 1. The summed E-state index contributed by atoms with van der Waals surface area (Å²) in [5.74, 6) is -3.89. The Bertz CT molecular complexity index is 3370. The predicted octanol–water partition coefficient (Wildman–Crippen LogP) is -1.11. The van der Waals surface area contributed by atoms with Gasteiger partial charge in [0.05, 0.1) is 21.5 Å². The molecule has 3 aromatic carbocycles. The molecule has 3 amide bonds. The van der Waals surface area contributed by atoms with Gasteiger partial charge < -0.3 is 26.0 Å². The topological polar surface area (TPSA) is 389 Å². The number of rotatable bonds is 26. The normalized spacial score (nSPS) is 18.9. The molecule has 0 radical (unpaired) electrons. The molecule has 0 spiro atoms. The number of carboxylic acid groups (broad SMARTS) is 1. The van der Waals surface area contributed by atoms with E-state index in [9.17, 15) is 50.7 Å². The fourth-order valence-electron chi connectivity index (χ4n) is 9.27. The van der Waals surface area contributed by atoms with E-state index in [4.69, 9.17) is 13.8 Å². The molecule has 4 bridgehead atoms. The first kappa shape index (κ1) is 65.2. The Labute approximate surface area is 507 Å². The van der Waals surface area contributed by atoms with Crippen molar-refractivity contribution in [2.45, 2.75) is 34.8 Å². The molecular formula is C51H65InN14O17S3. The predicted molar refractivity (Wildman–Crippen MR) is 309 cm³/mol. The van der Waals surface area contributed by atoms with E-state index in [1.54, 1.807) is 41.5 Å². The number of sulfonamides is 2. The van der Waals surface area contributed by atoms with E-state index in [0.29, 0.717) is 112 Å².